The normalized spacial score (nSPS) is 18.6. The number of benzene rings is 2. The molecule has 1 heterocycles. The lowest BCUT2D eigenvalue weighted by atomic mass is 10.1. The number of methoxy groups -OCH3 is 2. The average Bonchev–Trinajstić information content (AvgIpc) is 3.12. The number of thioether (sulfide) groups is 1. The second-order valence-corrected chi connectivity index (χ2v) is 10.9. The number of hydrogen-bond acceptors (Lipinski definition) is 9. The zero-order chi connectivity index (χ0) is 24.9. The molecule has 2 atom stereocenters. The maximum atomic E-state index is 13.4. The Labute approximate surface area is 200 Å². The van der Waals surface area contributed by atoms with Gasteiger partial charge in [0.2, 0.25) is 13.9 Å². The number of nitrogens with one attached hydrogen (secondary N) is 2. The molecule has 3 N–H and O–H groups in total. The molecule has 10 nitrogen and oxygen atoms in total. The molecule has 12 heteroatoms. The number of unbranched alkanes of at least 4 members (excludes halogenated alkanes) is 1. The molecule has 3 rings (SSSR count). The average molecular weight is 507 g/mol. The van der Waals surface area contributed by atoms with E-state index >= 15 is 0 Å². The highest BCUT2D eigenvalue weighted by Crippen LogP contribution is 2.44. The highest BCUT2D eigenvalue weighted by Gasteiger charge is 2.57. The second-order valence-electron chi connectivity index (χ2n) is 7.15. The molecule has 180 valence electrons. The molecular formula is C22H22N2O8S2. The molecule has 0 saturated carbocycles. The SMILES string of the molecule is COc1ccc(S(=O)(=O)C2(CCCC#Cc3ccc([NH+]([O-])O)cc3OC)SC(=O)NC2=O)cc1. The van der Waals surface area contributed by atoms with Crippen LogP contribution in [0.15, 0.2) is 47.4 Å². The third kappa shape index (κ3) is 5.03. The second kappa shape index (κ2) is 10.5. The first kappa shape index (κ1) is 25.5. The fourth-order valence-corrected chi connectivity index (χ4v) is 6.70. The van der Waals surface area contributed by atoms with E-state index in [9.17, 15) is 23.2 Å². The number of ether oxygens (including phenoxy) is 2. The fraction of sp³-hybridized carbons (Fsp3) is 0.273. The predicted molar refractivity (Wildman–Crippen MR) is 124 cm³/mol. The minimum atomic E-state index is -4.22. The van der Waals surface area contributed by atoms with Gasteiger partial charge in [-0.15, -0.1) is 0 Å². The van der Waals surface area contributed by atoms with Gasteiger partial charge in [-0.1, -0.05) is 11.8 Å². The van der Waals surface area contributed by atoms with Crippen molar-refractivity contribution in [3.63, 3.8) is 0 Å². The smallest absolute Gasteiger partial charge is 0.287 e. The minimum absolute atomic E-state index is 0.0574. The summed E-state index contributed by atoms with van der Waals surface area (Å²) in [4.78, 5) is 24.5. The van der Waals surface area contributed by atoms with Gasteiger partial charge >= 0.3 is 0 Å². The Hall–Kier alpha value is -3.08. The summed E-state index contributed by atoms with van der Waals surface area (Å²) in [5.74, 6) is 5.62. The van der Waals surface area contributed by atoms with Gasteiger partial charge in [0, 0.05) is 18.6 Å². The van der Waals surface area contributed by atoms with E-state index < -0.39 is 30.3 Å². The molecule has 34 heavy (non-hydrogen) atoms. The predicted octanol–water partition coefficient (Wildman–Crippen LogP) is 1.78. The Morgan fingerprint density at radius 2 is 1.85 bits per heavy atom. The van der Waals surface area contributed by atoms with E-state index in [1.807, 2.05) is 0 Å². The molecular weight excluding hydrogens is 484 g/mol. The molecule has 2 amide bonds. The van der Waals surface area contributed by atoms with Gasteiger partial charge in [0.25, 0.3) is 11.1 Å². The van der Waals surface area contributed by atoms with Gasteiger partial charge < -0.3 is 14.7 Å². The summed E-state index contributed by atoms with van der Waals surface area (Å²) < 4.78 is 35.0. The van der Waals surface area contributed by atoms with Gasteiger partial charge in [-0.3, -0.25) is 14.9 Å². The fourth-order valence-electron chi connectivity index (χ4n) is 3.33. The van der Waals surface area contributed by atoms with Gasteiger partial charge in [-0.2, -0.15) is 5.23 Å². The molecule has 1 aliphatic rings. The molecule has 1 saturated heterocycles. The van der Waals surface area contributed by atoms with Crippen LogP contribution in [-0.2, 0) is 14.6 Å². The lowest BCUT2D eigenvalue weighted by molar-refractivity contribution is -0.991. The van der Waals surface area contributed by atoms with E-state index in [4.69, 9.17) is 14.7 Å². The summed E-state index contributed by atoms with van der Waals surface area (Å²) >= 11 is 0.455. The molecule has 0 radical (unpaired) electrons. The zero-order valence-corrected chi connectivity index (χ0v) is 19.9. The number of rotatable bonds is 8. The third-order valence-electron chi connectivity index (χ3n) is 5.10. The number of carbonyl (C=O) groups excluding carboxylic acids is 2. The van der Waals surface area contributed by atoms with Gasteiger partial charge in [0.1, 0.15) is 11.5 Å². The highest BCUT2D eigenvalue weighted by atomic mass is 32.3. The van der Waals surface area contributed by atoms with Crippen LogP contribution in [-0.4, -0.2) is 43.1 Å². The number of carbonyl (C=O) groups is 2. The van der Waals surface area contributed by atoms with Gasteiger partial charge in [0.05, 0.1) is 24.7 Å². The third-order valence-corrected chi connectivity index (χ3v) is 9.17. The Morgan fingerprint density at radius 3 is 2.41 bits per heavy atom. The van der Waals surface area contributed by atoms with E-state index in [2.05, 4.69) is 17.2 Å². The van der Waals surface area contributed by atoms with Crippen molar-refractivity contribution in [2.75, 3.05) is 14.2 Å². The number of sulfone groups is 1. The van der Waals surface area contributed by atoms with E-state index in [0.717, 1.165) is 0 Å². The molecule has 1 aliphatic heterocycles. The maximum Gasteiger partial charge on any atom is 0.287 e. The van der Waals surface area contributed by atoms with Crippen LogP contribution < -0.4 is 20.0 Å². The number of hydrogen-bond donors (Lipinski definition) is 3. The van der Waals surface area contributed by atoms with Crippen LogP contribution in [0, 0.1) is 17.0 Å². The van der Waals surface area contributed by atoms with Gasteiger partial charge in [0.15, 0.2) is 5.69 Å². The van der Waals surface area contributed by atoms with Crippen LogP contribution in [0.25, 0.3) is 0 Å². The van der Waals surface area contributed by atoms with Crippen molar-refractivity contribution in [3.8, 4) is 23.3 Å². The lowest BCUT2D eigenvalue weighted by Gasteiger charge is -2.24. The number of imide groups is 1. The standard InChI is InChI=1S/C22H22N2O8S2/c1-31-17-9-11-18(12-10-17)34(29,30)22(20(25)23-21(26)33-22)13-5-3-4-6-15-7-8-16(24(27)28)14-19(15)32-2/h7-12,14,24,27H,3,5,13H2,1-2H3,(H,23,25,26). The minimum Gasteiger partial charge on any atom is -0.595 e. The van der Waals surface area contributed by atoms with Gasteiger partial charge in [-0.25, -0.2) is 13.6 Å². The number of amides is 2. The van der Waals surface area contributed by atoms with Crippen molar-refractivity contribution >= 4 is 38.4 Å². The van der Waals surface area contributed by atoms with Crippen LogP contribution in [0.1, 0.15) is 24.8 Å². The van der Waals surface area contributed by atoms with Crippen molar-refractivity contribution in [1.29, 1.82) is 0 Å². The first-order chi connectivity index (χ1) is 16.1. The molecule has 0 aliphatic carbocycles. The van der Waals surface area contributed by atoms with Crippen molar-refractivity contribution in [2.45, 2.75) is 28.2 Å². The van der Waals surface area contributed by atoms with E-state index in [-0.39, 0.29) is 29.8 Å². The zero-order valence-electron chi connectivity index (χ0n) is 18.3. The monoisotopic (exact) mass is 506 g/mol. The van der Waals surface area contributed by atoms with Crippen LogP contribution in [0.5, 0.6) is 11.5 Å². The lowest BCUT2D eigenvalue weighted by Crippen LogP contribution is -2.99. The van der Waals surface area contributed by atoms with E-state index in [1.165, 1.54) is 56.7 Å². The van der Waals surface area contributed by atoms with Crippen LogP contribution in [0.4, 0.5) is 10.5 Å². The number of quaternary nitrogens is 1. The Kier molecular flexibility index (Phi) is 7.86. The van der Waals surface area contributed by atoms with Crippen LogP contribution >= 0.6 is 11.8 Å². The molecule has 2 aromatic carbocycles. The highest BCUT2D eigenvalue weighted by molar-refractivity contribution is 8.25. The Morgan fingerprint density at radius 1 is 1.15 bits per heavy atom. The quantitative estimate of drug-likeness (QED) is 0.277. The van der Waals surface area contributed by atoms with Crippen molar-refractivity contribution in [2.24, 2.45) is 0 Å². The van der Waals surface area contributed by atoms with Crippen molar-refractivity contribution in [3.05, 3.63) is 53.2 Å². The van der Waals surface area contributed by atoms with E-state index in [1.54, 1.807) is 0 Å². The first-order valence-corrected chi connectivity index (χ1v) is 12.3. The molecule has 0 spiro atoms. The summed E-state index contributed by atoms with van der Waals surface area (Å²) in [6.07, 6.45) is 0.310. The largest absolute Gasteiger partial charge is 0.595 e. The van der Waals surface area contributed by atoms with E-state index in [0.29, 0.717) is 28.8 Å². The molecule has 2 unspecified atom stereocenters. The first-order valence-electron chi connectivity index (χ1n) is 9.98. The van der Waals surface area contributed by atoms with Crippen molar-refractivity contribution < 1.29 is 37.9 Å². The van der Waals surface area contributed by atoms with Gasteiger partial charge in [-0.05, 0) is 54.9 Å². The summed E-state index contributed by atoms with van der Waals surface area (Å²) in [5, 5.41) is 20.4. The molecule has 2 aromatic rings. The molecule has 1 fully saturated rings. The van der Waals surface area contributed by atoms with Crippen LogP contribution in [0.2, 0.25) is 0 Å². The Bertz CT molecular complexity index is 1250. The maximum absolute atomic E-state index is 13.4. The summed E-state index contributed by atoms with van der Waals surface area (Å²) in [6, 6.07) is 9.87. The summed E-state index contributed by atoms with van der Waals surface area (Å²) in [7, 11) is -1.38. The Balaban J connectivity index is 1.79. The van der Waals surface area contributed by atoms with Crippen LogP contribution in [0.3, 0.4) is 0 Å². The summed E-state index contributed by atoms with van der Waals surface area (Å²) in [5.41, 5.74) is 0.526. The molecule has 0 bridgehead atoms. The van der Waals surface area contributed by atoms with Crippen molar-refractivity contribution in [1.82, 2.24) is 5.32 Å². The summed E-state index contributed by atoms with van der Waals surface area (Å²) in [6.45, 7) is 0. The topological polar surface area (TPSA) is 146 Å². The molecule has 0 aromatic heterocycles.